The summed E-state index contributed by atoms with van der Waals surface area (Å²) in [4.78, 5) is 6.32. The van der Waals surface area contributed by atoms with E-state index in [4.69, 9.17) is 0 Å². The van der Waals surface area contributed by atoms with Crippen LogP contribution in [0.4, 0.5) is 24.7 Å². The standard InChI is InChI=1S/C18H12F3N5/c19-11-4-3-10-2-1-5-25(15(10)6-11)17-12-7-13(20)14(21)8-16(12)26-9-22-24-18(26)23-17/h3-4,6-9H,1-2,5H2. The fourth-order valence-corrected chi connectivity index (χ4v) is 3.52. The van der Waals surface area contributed by atoms with Gasteiger partial charge in [-0.25, -0.2) is 13.2 Å². The van der Waals surface area contributed by atoms with E-state index >= 15 is 0 Å². The van der Waals surface area contributed by atoms with E-state index in [1.54, 1.807) is 6.07 Å². The highest BCUT2D eigenvalue weighted by Crippen LogP contribution is 2.37. The Labute approximate surface area is 145 Å². The van der Waals surface area contributed by atoms with Gasteiger partial charge in [0.15, 0.2) is 11.6 Å². The van der Waals surface area contributed by atoms with Gasteiger partial charge in [0.2, 0.25) is 0 Å². The van der Waals surface area contributed by atoms with E-state index in [2.05, 4.69) is 15.2 Å². The van der Waals surface area contributed by atoms with E-state index in [1.807, 2.05) is 4.90 Å². The molecule has 3 heterocycles. The van der Waals surface area contributed by atoms with Crippen LogP contribution in [0.1, 0.15) is 12.0 Å². The van der Waals surface area contributed by atoms with E-state index in [9.17, 15) is 13.2 Å². The van der Waals surface area contributed by atoms with Gasteiger partial charge in [-0.3, -0.25) is 4.40 Å². The van der Waals surface area contributed by atoms with Crippen LogP contribution in [0.2, 0.25) is 0 Å². The average molecular weight is 355 g/mol. The van der Waals surface area contributed by atoms with Crippen LogP contribution in [0.5, 0.6) is 0 Å². The number of aromatic nitrogens is 4. The normalized spacial score (nSPS) is 14.2. The lowest BCUT2D eigenvalue weighted by Gasteiger charge is -2.31. The molecule has 0 N–H and O–H groups in total. The van der Waals surface area contributed by atoms with Crippen molar-refractivity contribution in [3.8, 4) is 0 Å². The second-order valence-electron chi connectivity index (χ2n) is 6.25. The molecule has 0 fully saturated rings. The first-order chi connectivity index (χ1) is 12.6. The molecule has 26 heavy (non-hydrogen) atoms. The second-order valence-corrected chi connectivity index (χ2v) is 6.25. The predicted molar refractivity (Wildman–Crippen MR) is 89.9 cm³/mol. The van der Waals surface area contributed by atoms with Gasteiger partial charge in [0.05, 0.1) is 5.52 Å². The summed E-state index contributed by atoms with van der Waals surface area (Å²) >= 11 is 0. The highest BCUT2D eigenvalue weighted by atomic mass is 19.2. The average Bonchev–Trinajstić information content (AvgIpc) is 3.10. The molecular formula is C18H12F3N5. The molecule has 5 nitrogen and oxygen atoms in total. The molecule has 0 saturated heterocycles. The van der Waals surface area contributed by atoms with Crippen LogP contribution < -0.4 is 4.90 Å². The Morgan fingerprint density at radius 1 is 1.00 bits per heavy atom. The Balaban J connectivity index is 1.84. The third-order valence-electron chi connectivity index (χ3n) is 4.70. The minimum atomic E-state index is -0.968. The molecular weight excluding hydrogens is 343 g/mol. The highest BCUT2D eigenvalue weighted by Gasteiger charge is 2.24. The third-order valence-corrected chi connectivity index (χ3v) is 4.70. The van der Waals surface area contributed by atoms with Gasteiger partial charge in [-0.2, -0.15) is 4.98 Å². The lowest BCUT2D eigenvalue weighted by Crippen LogP contribution is -2.26. The van der Waals surface area contributed by atoms with E-state index in [1.165, 1.54) is 22.9 Å². The number of halogens is 3. The molecule has 0 unspecified atom stereocenters. The van der Waals surface area contributed by atoms with Gasteiger partial charge in [0, 0.05) is 23.7 Å². The lowest BCUT2D eigenvalue weighted by atomic mass is 10.0. The molecule has 4 aromatic rings. The molecule has 8 heteroatoms. The zero-order chi connectivity index (χ0) is 17.8. The summed E-state index contributed by atoms with van der Waals surface area (Å²) in [5, 5.41) is 8.15. The van der Waals surface area contributed by atoms with Crippen molar-refractivity contribution in [1.82, 2.24) is 19.6 Å². The van der Waals surface area contributed by atoms with Gasteiger partial charge >= 0.3 is 0 Å². The molecule has 0 atom stereocenters. The Kier molecular flexibility index (Phi) is 3.15. The maximum atomic E-state index is 14.0. The minimum absolute atomic E-state index is 0.266. The number of anilines is 2. The summed E-state index contributed by atoms with van der Waals surface area (Å²) in [5.41, 5.74) is 2.06. The van der Waals surface area contributed by atoms with Crippen LogP contribution in [0, 0.1) is 17.5 Å². The van der Waals surface area contributed by atoms with Crippen molar-refractivity contribution in [2.75, 3.05) is 11.4 Å². The molecule has 0 amide bonds. The Morgan fingerprint density at radius 2 is 1.85 bits per heavy atom. The number of fused-ring (bicyclic) bond motifs is 4. The molecule has 130 valence electrons. The maximum Gasteiger partial charge on any atom is 0.257 e. The van der Waals surface area contributed by atoms with Gasteiger partial charge in [-0.1, -0.05) is 6.07 Å². The number of aryl methyl sites for hydroxylation is 1. The molecule has 0 saturated carbocycles. The highest BCUT2D eigenvalue weighted by molar-refractivity contribution is 5.94. The fraction of sp³-hybridized carbons (Fsp3) is 0.167. The van der Waals surface area contributed by atoms with Crippen LogP contribution in [-0.4, -0.2) is 26.1 Å². The van der Waals surface area contributed by atoms with Gasteiger partial charge in [0.1, 0.15) is 18.0 Å². The number of rotatable bonds is 1. The molecule has 2 aromatic carbocycles. The Hall–Kier alpha value is -3.16. The van der Waals surface area contributed by atoms with Crippen molar-refractivity contribution >= 4 is 28.2 Å². The van der Waals surface area contributed by atoms with Crippen LogP contribution >= 0.6 is 0 Å². The van der Waals surface area contributed by atoms with Crippen LogP contribution in [0.15, 0.2) is 36.7 Å². The summed E-state index contributed by atoms with van der Waals surface area (Å²) in [6.45, 7) is 0.585. The summed E-state index contributed by atoms with van der Waals surface area (Å²) in [6.07, 6.45) is 3.05. The van der Waals surface area contributed by atoms with Gasteiger partial charge in [-0.15, -0.1) is 10.2 Å². The molecule has 2 aromatic heterocycles. The number of benzene rings is 2. The monoisotopic (exact) mass is 355 g/mol. The summed E-state index contributed by atoms with van der Waals surface area (Å²) in [5.74, 6) is -1.62. The number of nitrogens with zero attached hydrogens (tertiary/aromatic N) is 5. The maximum absolute atomic E-state index is 14.0. The van der Waals surface area contributed by atoms with Crippen molar-refractivity contribution in [3.05, 3.63) is 59.7 Å². The Bertz CT molecular complexity index is 1170. The zero-order valence-corrected chi connectivity index (χ0v) is 13.5. The van der Waals surface area contributed by atoms with E-state index in [0.717, 1.165) is 30.5 Å². The molecule has 0 aliphatic carbocycles. The third kappa shape index (κ3) is 2.15. The molecule has 1 aliphatic heterocycles. The van der Waals surface area contributed by atoms with Crippen molar-refractivity contribution in [1.29, 1.82) is 0 Å². The summed E-state index contributed by atoms with van der Waals surface area (Å²) in [6, 6.07) is 6.82. The number of hydrogen-bond acceptors (Lipinski definition) is 4. The van der Waals surface area contributed by atoms with Gasteiger partial charge < -0.3 is 4.90 Å². The van der Waals surface area contributed by atoms with E-state index in [0.29, 0.717) is 29.0 Å². The number of hydrogen-bond donors (Lipinski definition) is 0. The van der Waals surface area contributed by atoms with Crippen molar-refractivity contribution < 1.29 is 13.2 Å². The SMILES string of the molecule is Fc1ccc2c(c1)N(c1nc3nncn3c3cc(F)c(F)cc13)CCC2. The molecule has 0 bridgehead atoms. The zero-order valence-electron chi connectivity index (χ0n) is 13.5. The first-order valence-electron chi connectivity index (χ1n) is 8.16. The van der Waals surface area contributed by atoms with Crippen molar-refractivity contribution in [3.63, 3.8) is 0 Å². The molecule has 5 rings (SSSR count). The van der Waals surface area contributed by atoms with Crippen LogP contribution in [0.3, 0.4) is 0 Å². The predicted octanol–water partition coefficient (Wildman–Crippen LogP) is 3.78. The Morgan fingerprint density at radius 3 is 2.73 bits per heavy atom. The van der Waals surface area contributed by atoms with Gasteiger partial charge in [-0.05, 0) is 36.6 Å². The lowest BCUT2D eigenvalue weighted by molar-refractivity contribution is 0.510. The smallest absolute Gasteiger partial charge is 0.257 e. The second kappa shape index (κ2) is 5.42. The molecule has 1 aliphatic rings. The topological polar surface area (TPSA) is 46.3 Å². The summed E-state index contributed by atoms with van der Waals surface area (Å²) < 4.78 is 43.1. The largest absolute Gasteiger partial charge is 0.325 e. The fourth-order valence-electron chi connectivity index (χ4n) is 3.52. The minimum Gasteiger partial charge on any atom is -0.325 e. The quantitative estimate of drug-likeness (QED) is 0.521. The summed E-state index contributed by atoms with van der Waals surface area (Å²) in [7, 11) is 0. The van der Waals surface area contributed by atoms with E-state index in [-0.39, 0.29) is 11.6 Å². The first kappa shape index (κ1) is 15.1. The van der Waals surface area contributed by atoms with Crippen LogP contribution in [-0.2, 0) is 6.42 Å². The van der Waals surface area contributed by atoms with Crippen molar-refractivity contribution in [2.24, 2.45) is 0 Å². The first-order valence-corrected chi connectivity index (χ1v) is 8.16. The van der Waals surface area contributed by atoms with Crippen LogP contribution in [0.25, 0.3) is 16.7 Å². The molecule has 0 spiro atoms. The molecule has 0 radical (unpaired) electrons. The van der Waals surface area contributed by atoms with Crippen molar-refractivity contribution in [2.45, 2.75) is 12.8 Å². The van der Waals surface area contributed by atoms with Gasteiger partial charge in [0.25, 0.3) is 5.78 Å². The van der Waals surface area contributed by atoms with E-state index < -0.39 is 11.6 Å².